The first kappa shape index (κ1) is 14.2. The van der Waals surface area contributed by atoms with Crippen molar-refractivity contribution in [1.82, 2.24) is 4.98 Å². The van der Waals surface area contributed by atoms with Crippen LogP contribution >= 0.6 is 0 Å². The van der Waals surface area contributed by atoms with Crippen LogP contribution in [0.2, 0.25) is 0 Å². The number of hydrogen-bond donors (Lipinski definition) is 0. The third-order valence-electron chi connectivity index (χ3n) is 4.46. The Morgan fingerprint density at radius 1 is 0.880 bits per heavy atom. The third-order valence-corrected chi connectivity index (χ3v) is 4.46. The molecule has 3 aromatic rings. The van der Waals surface area contributed by atoms with E-state index in [1.54, 1.807) is 7.11 Å². The molecule has 2 aromatic carbocycles. The molecule has 0 amide bonds. The Labute approximate surface area is 143 Å². The van der Waals surface area contributed by atoms with Crippen molar-refractivity contribution in [3.8, 4) is 40.0 Å². The van der Waals surface area contributed by atoms with Crippen molar-refractivity contribution < 1.29 is 23.7 Å². The number of aryl methyl sites for hydroxylation is 1. The lowest BCUT2D eigenvalue weighted by molar-refractivity contribution is 0.171. The molecule has 0 fully saturated rings. The standard InChI is InChI=1S/C19H15NO5/c1-10-3-13(11-4-17(21-2)19-18(5-11)24-9-25-19)20-14-7-16-15(6-12(10)14)22-8-23-16/h3-7H,8-9H2,1-2H3. The molecule has 25 heavy (non-hydrogen) atoms. The van der Waals surface area contributed by atoms with Crippen LogP contribution in [-0.2, 0) is 0 Å². The van der Waals surface area contributed by atoms with Crippen LogP contribution < -0.4 is 23.7 Å². The molecular formula is C19H15NO5. The number of hydrogen-bond acceptors (Lipinski definition) is 6. The van der Waals surface area contributed by atoms with Gasteiger partial charge in [0.15, 0.2) is 23.0 Å². The lowest BCUT2D eigenvalue weighted by Gasteiger charge is -2.10. The second kappa shape index (κ2) is 5.17. The fourth-order valence-electron chi connectivity index (χ4n) is 3.21. The van der Waals surface area contributed by atoms with Gasteiger partial charge in [-0.25, -0.2) is 4.98 Å². The molecule has 0 saturated heterocycles. The minimum atomic E-state index is 0.197. The number of methoxy groups -OCH3 is 1. The van der Waals surface area contributed by atoms with Crippen LogP contribution in [-0.4, -0.2) is 25.7 Å². The monoisotopic (exact) mass is 337 g/mol. The van der Waals surface area contributed by atoms with E-state index in [1.165, 1.54) is 0 Å². The Bertz CT molecular complexity index is 1010. The van der Waals surface area contributed by atoms with Gasteiger partial charge in [-0.2, -0.15) is 0 Å². The molecule has 0 spiro atoms. The Hall–Kier alpha value is -3.15. The van der Waals surface area contributed by atoms with Crippen LogP contribution in [0.4, 0.5) is 0 Å². The van der Waals surface area contributed by atoms with E-state index in [9.17, 15) is 0 Å². The summed E-state index contributed by atoms with van der Waals surface area (Å²) < 4.78 is 27.3. The van der Waals surface area contributed by atoms with E-state index in [2.05, 4.69) is 6.92 Å². The zero-order chi connectivity index (χ0) is 17.0. The lowest BCUT2D eigenvalue weighted by Crippen LogP contribution is -1.93. The van der Waals surface area contributed by atoms with E-state index in [0.717, 1.165) is 39.2 Å². The van der Waals surface area contributed by atoms with Crippen LogP contribution in [0.15, 0.2) is 30.3 Å². The maximum absolute atomic E-state index is 5.51. The topological polar surface area (TPSA) is 59.0 Å². The molecule has 3 heterocycles. The number of nitrogens with zero attached hydrogens (tertiary/aromatic N) is 1. The van der Waals surface area contributed by atoms with Gasteiger partial charge in [-0.05, 0) is 36.8 Å². The number of pyridine rings is 1. The van der Waals surface area contributed by atoms with E-state index in [0.29, 0.717) is 17.2 Å². The minimum absolute atomic E-state index is 0.197. The van der Waals surface area contributed by atoms with Gasteiger partial charge in [0, 0.05) is 17.0 Å². The first-order valence-electron chi connectivity index (χ1n) is 7.92. The van der Waals surface area contributed by atoms with Crippen molar-refractivity contribution >= 4 is 10.9 Å². The molecule has 5 rings (SSSR count). The first-order chi connectivity index (χ1) is 12.2. The number of fused-ring (bicyclic) bond motifs is 3. The van der Waals surface area contributed by atoms with E-state index < -0.39 is 0 Å². The molecule has 2 aliphatic heterocycles. The summed E-state index contributed by atoms with van der Waals surface area (Å²) in [4.78, 5) is 4.80. The summed E-state index contributed by atoms with van der Waals surface area (Å²) in [6.45, 7) is 2.50. The van der Waals surface area contributed by atoms with Crippen LogP contribution in [0.1, 0.15) is 5.56 Å². The number of aromatic nitrogens is 1. The lowest BCUT2D eigenvalue weighted by atomic mass is 10.0. The molecule has 0 N–H and O–H groups in total. The Kier molecular flexibility index (Phi) is 2.94. The molecule has 126 valence electrons. The van der Waals surface area contributed by atoms with Crippen LogP contribution in [0.3, 0.4) is 0 Å². The van der Waals surface area contributed by atoms with Crippen molar-refractivity contribution in [2.75, 3.05) is 20.7 Å². The maximum Gasteiger partial charge on any atom is 0.231 e. The largest absolute Gasteiger partial charge is 0.493 e. The van der Waals surface area contributed by atoms with Crippen LogP contribution in [0.25, 0.3) is 22.2 Å². The van der Waals surface area contributed by atoms with Gasteiger partial charge in [0.2, 0.25) is 19.3 Å². The smallest absolute Gasteiger partial charge is 0.231 e. The number of ether oxygens (including phenoxy) is 5. The van der Waals surface area contributed by atoms with E-state index in [4.69, 9.17) is 28.7 Å². The highest BCUT2D eigenvalue weighted by Gasteiger charge is 2.22. The zero-order valence-electron chi connectivity index (χ0n) is 13.8. The number of benzene rings is 2. The molecule has 1 aromatic heterocycles. The SMILES string of the molecule is COc1cc(-c2cc(C)c3cc4c(cc3n2)OCO4)cc2c1OCO2. The normalized spacial score (nSPS) is 14.2. The molecule has 0 unspecified atom stereocenters. The molecule has 6 heteroatoms. The van der Waals surface area contributed by atoms with Gasteiger partial charge >= 0.3 is 0 Å². The van der Waals surface area contributed by atoms with Gasteiger partial charge in [0.1, 0.15) is 0 Å². The van der Waals surface area contributed by atoms with Crippen molar-refractivity contribution in [3.63, 3.8) is 0 Å². The van der Waals surface area contributed by atoms with Gasteiger partial charge in [-0.15, -0.1) is 0 Å². The molecule has 0 radical (unpaired) electrons. The second-order valence-corrected chi connectivity index (χ2v) is 5.96. The summed E-state index contributed by atoms with van der Waals surface area (Å²) in [7, 11) is 1.61. The average Bonchev–Trinajstić information content (AvgIpc) is 3.27. The maximum atomic E-state index is 5.51. The van der Waals surface area contributed by atoms with Gasteiger partial charge in [-0.3, -0.25) is 0 Å². The summed E-state index contributed by atoms with van der Waals surface area (Å²) in [5.41, 5.74) is 3.70. The van der Waals surface area contributed by atoms with Gasteiger partial charge in [0.25, 0.3) is 0 Å². The summed E-state index contributed by atoms with van der Waals surface area (Å²) in [5, 5.41) is 1.04. The second-order valence-electron chi connectivity index (χ2n) is 5.96. The summed E-state index contributed by atoms with van der Waals surface area (Å²) in [6.07, 6.45) is 0. The summed E-state index contributed by atoms with van der Waals surface area (Å²) in [6, 6.07) is 9.77. The Morgan fingerprint density at radius 3 is 2.48 bits per heavy atom. The summed E-state index contributed by atoms with van der Waals surface area (Å²) >= 11 is 0. The van der Waals surface area contributed by atoms with E-state index >= 15 is 0 Å². The minimum Gasteiger partial charge on any atom is -0.493 e. The highest BCUT2D eigenvalue weighted by molar-refractivity contribution is 5.88. The molecule has 0 saturated carbocycles. The molecule has 0 bridgehead atoms. The number of rotatable bonds is 2. The van der Waals surface area contributed by atoms with Crippen molar-refractivity contribution in [3.05, 3.63) is 35.9 Å². The third kappa shape index (κ3) is 2.14. The van der Waals surface area contributed by atoms with Crippen molar-refractivity contribution in [2.24, 2.45) is 0 Å². The first-order valence-corrected chi connectivity index (χ1v) is 7.92. The Balaban J connectivity index is 1.70. The Morgan fingerprint density at radius 2 is 1.64 bits per heavy atom. The molecular weight excluding hydrogens is 322 g/mol. The van der Waals surface area contributed by atoms with Crippen molar-refractivity contribution in [2.45, 2.75) is 6.92 Å². The predicted molar refractivity (Wildman–Crippen MR) is 90.7 cm³/mol. The van der Waals surface area contributed by atoms with Gasteiger partial charge in [-0.1, -0.05) is 0 Å². The fourth-order valence-corrected chi connectivity index (χ4v) is 3.21. The highest BCUT2D eigenvalue weighted by Crippen LogP contribution is 2.44. The van der Waals surface area contributed by atoms with E-state index in [1.807, 2.05) is 30.3 Å². The fraction of sp³-hybridized carbons (Fsp3) is 0.211. The van der Waals surface area contributed by atoms with E-state index in [-0.39, 0.29) is 13.6 Å². The summed E-state index contributed by atoms with van der Waals surface area (Å²) in [5.74, 6) is 3.41. The molecule has 2 aliphatic rings. The van der Waals surface area contributed by atoms with Crippen LogP contribution in [0.5, 0.6) is 28.7 Å². The molecule has 6 nitrogen and oxygen atoms in total. The average molecular weight is 337 g/mol. The zero-order valence-corrected chi connectivity index (χ0v) is 13.8. The van der Waals surface area contributed by atoms with Crippen LogP contribution in [0, 0.1) is 6.92 Å². The highest BCUT2D eigenvalue weighted by atomic mass is 16.7. The van der Waals surface area contributed by atoms with Gasteiger partial charge < -0.3 is 23.7 Å². The van der Waals surface area contributed by atoms with Gasteiger partial charge in [0.05, 0.1) is 18.3 Å². The molecule has 0 atom stereocenters. The molecule has 0 aliphatic carbocycles. The quantitative estimate of drug-likeness (QED) is 0.711. The van der Waals surface area contributed by atoms with Crippen molar-refractivity contribution in [1.29, 1.82) is 0 Å². The predicted octanol–water partition coefficient (Wildman–Crippen LogP) is 3.68.